The summed E-state index contributed by atoms with van der Waals surface area (Å²) < 4.78 is 159. The van der Waals surface area contributed by atoms with Crippen LogP contribution < -0.4 is 61.6 Å². The minimum atomic E-state index is -0.381. The number of esters is 6. The van der Waals surface area contributed by atoms with Crippen molar-refractivity contribution >= 4 is 144 Å². The average Bonchev–Trinajstić information content (AvgIpc) is 1.66. The lowest BCUT2D eigenvalue weighted by atomic mass is 10.0. The van der Waals surface area contributed by atoms with Gasteiger partial charge in [0.05, 0.1) is 45.6 Å². The van der Waals surface area contributed by atoms with Gasteiger partial charge in [-0.3, -0.25) is 28.8 Å². The SMILES string of the molecule is CCC(=O)Oc1cccc(C)c1COc1cc(F)c(C)cc1Br.CCC(=O)Oc1cccc(C2CC2)c1COc1cc(F)c(C)cc1Br.CCC(=O)Oc1cccc(CC)c1COc1cc(F)c(C)cc1Br.CCC(=O)Oc1cccc(CO)c1COc1cc(F)c(C)cc1Br.CCC(=O)Oc1cccc(CS)c1COc1cc(F)c(C)cc1Br.CCOc1cccc(OC(=O)CC)c1COc1cc(F)c(C)cc1Br. The van der Waals surface area contributed by atoms with Crippen LogP contribution in [-0.2, 0) is 87.2 Å². The topological polar surface area (TPSA) is 243 Å². The summed E-state index contributed by atoms with van der Waals surface area (Å²) in [4.78, 5) is 69.7. The van der Waals surface area contributed by atoms with E-state index in [9.17, 15) is 60.2 Å². The quantitative estimate of drug-likeness (QED) is 0.0160. The van der Waals surface area contributed by atoms with Crippen LogP contribution in [0.4, 0.5) is 26.3 Å². The van der Waals surface area contributed by atoms with Gasteiger partial charge in [0.15, 0.2) is 0 Å². The molecule has 1 N–H and O–H groups in total. The van der Waals surface area contributed by atoms with Crippen molar-refractivity contribution in [2.75, 3.05) is 6.61 Å². The maximum absolute atomic E-state index is 13.8. The van der Waals surface area contributed by atoms with Gasteiger partial charge in [-0.15, -0.1) is 0 Å². The first-order valence-corrected chi connectivity index (χ1v) is 51.9. The molecule has 20 nitrogen and oxygen atoms in total. The molecule has 13 rings (SSSR count). The van der Waals surface area contributed by atoms with Crippen LogP contribution in [-0.4, -0.2) is 47.5 Å². The van der Waals surface area contributed by atoms with E-state index in [1.807, 2.05) is 63.2 Å². The van der Waals surface area contributed by atoms with Crippen molar-refractivity contribution in [3.8, 4) is 74.7 Å². The van der Waals surface area contributed by atoms with Gasteiger partial charge in [0.25, 0.3) is 0 Å². The van der Waals surface area contributed by atoms with Crippen molar-refractivity contribution in [1.29, 1.82) is 0 Å². The minimum Gasteiger partial charge on any atom is -0.493 e. The van der Waals surface area contributed by atoms with Gasteiger partial charge in [-0.05, 0) is 316 Å². The summed E-state index contributed by atoms with van der Waals surface area (Å²) >= 11 is 24.5. The fourth-order valence-corrected chi connectivity index (χ4v) is 17.1. The Balaban J connectivity index is 0.000000212. The molecule has 0 radical (unpaired) electrons. The van der Waals surface area contributed by atoms with Crippen LogP contribution in [0.25, 0.3) is 0 Å². The molecular weight excluding hydrogens is 2290 g/mol. The Morgan fingerprint density at radius 3 is 0.807 bits per heavy atom. The zero-order valence-electron chi connectivity index (χ0n) is 82.8. The Hall–Kier alpha value is -11.2. The highest BCUT2D eigenvalue weighted by Gasteiger charge is 2.30. The lowest BCUT2D eigenvalue weighted by molar-refractivity contribution is -0.135. The van der Waals surface area contributed by atoms with Gasteiger partial charge in [-0.2, -0.15) is 12.6 Å². The summed E-state index contributed by atoms with van der Waals surface area (Å²) in [6, 6.07) is 50.4. The van der Waals surface area contributed by atoms with E-state index in [1.54, 1.807) is 186 Å². The van der Waals surface area contributed by atoms with Crippen LogP contribution in [0.5, 0.6) is 74.7 Å². The summed E-state index contributed by atoms with van der Waals surface area (Å²) in [5, 5.41) is 9.50. The van der Waals surface area contributed by atoms with E-state index in [0.717, 1.165) is 63.8 Å². The van der Waals surface area contributed by atoms with Crippen molar-refractivity contribution in [1.82, 2.24) is 0 Å². The van der Waals surface area contributed by atoms with E-state index in [2.05, 4.69) is 108 Å². The molecule has 1 saturated carbocycles. The molecule has 0 saturated heterocycles. The Bertz CT molecular complexity index is 6220. The van der Waals surface area contributed by atoms with Gasteiger partial charge in [0.1, 0.15) is 149 Å². The predicted octanol–water partition coefficient (Wildman–Crippen LogP) is 30.8. The van der Waals surface area contributed by atoms with Crippen LogP contribution in [0.1, 0.15) is 207 Å². The molecule has 0 aromatic heterocycles. The third-order valence-corrected chi connectivity index (χ3v) is 26.0. The molecular formula is C112H114Br6F6O20S. The number of aliphatic hydroxyl groups excluding tert-OH is 1. The number of carbonyl (C=O) groups is 6. The Labute approximate surface area is 897 Å². The molecule has 12 aromatic rings. The molecule has 0 unspecified atom stereocenters. The number of hydrogen-bond acceptors (Lipinski definition) is 21. The highest BCUT2D eigenvalue weighted by molar-refractivity contribution is 9.11. The maximum Gasteiger partial charge on any atom is 0.310 e. The fourth-order valence-electron chi connectivity index (χ4n) is 13.4. The summed E-state index contributed by atoms with van der Waals surface area (Å²) in [6.45, 7) is 27.4. The predicted molar refractivity (Wildman–Crippen MR) is 569 cm³/mol. The van der Waals surface area contributed by atoms with Gasteiger partial charge in [0, 0.05) is 108 Å². The van der Waals surface area contributed by atoms with Crippen LogP contribution in [0.15, 0.2) is 209 Å². The monoisotopic (exact) mass is 2400 g/mol. The lowest BCUT2D eigenvalue weighted by Crippen LogP contribution is -2.10. The van der Waals surface area contributed by atoms with Crippen LogP contribution in [0.3, 0.4) is 0 Å². The first-order valence-electron chi connectivity index (χ1n) is 46.5. The largest absolute Gasteiger partial charge is 0.493 e. The maximum atomic E-state index is 13.8. The number of aliphatic hydroxyl groups is 1. The molecule has 145 heavy (non-hydrogen) atoms. The molecule has 0 aliphatic heterocycles. The normalized spacial score (nSPS) is 11.0. The third kappa shape index (κ3) is 36.1. The van der Waals surface area contributed by atoms with Crippen molar-refractivity contribution in [3.05, 3.63) is 338 Å². The van der Waals surface area contributed by atoms with Gasteiger partial charge < -0.3 is 66.7 Å². The molecule has 0 amide bonds. The van der Waals surface area contributed by atoms with E-state index in [0.29, 0.717) is 189 Å². The molecule has 1 aliphatic carbocycles. The fraction of sp³-hybridized carbons (Fsp3) is 0.304. The second-order valence-electron chi connectivity index (χ2n) is 32.6. The van der Waals surface area contributed by atoms with Gasteiger partial charge in [-0.25, -0.2) is 26.3 Å². The summed E-state index contributed by atoms with van der Waals surface area (Å²) in [5.74, 6) is 2.52. The van der Waals surface area contributed by atoms with E-state index in [-0.39, 0.29) is 136 Å². The molecule has 772 valence electrons. The molecule has 0 bridgehead atoms. The van der Waals surface area contributed by atoms with E-state index in [1.165, 1.54) is 36.4 Å². The standard InChI is InChI=1S/C20H20BrFO3.C19H20BrFO4.C19H20BrFO3.C18H18BrFO4.C18H18BrFO3S.C18H18BrFO3/c1-3-20(23)25-18-6-4-5-14(13-7-8-13)15(18)11-24-19-10-17(22)12(2)9-16(19)21;1-4-19(22)25-17-8-6-7-16(23-5-2)13(17)11-24-18-10-15(21)12(3)9-14(18)20;1-4-13-7-6-8-17(24-19(22)5-2)14(13)11-23-18-10-16(21)12(3)9-15(18)20;1-3-18(22)24-16-6-4-5-12(9-21)13(16)10-23-17-8-15(20)11(2)7-14(17)19;1-3-18(21)23-16-6-4-5-12(10-24)13(16)9-22-17-8-15(20)11(2)7-14(17)19;1-4-18(21)23-16-7-5-6-11(2)13(16)10-22-17-9-15(20)12(3)8-14(17)19/h4-6,9-10,13H,3,7-8,11H2,1-2H3;6-10H,4-5,11H2,1-3H3;6-10H,4-5,11H2,1-3H3;4-8,21H,3,9-10H2,1-2H3;4-8,24H,3,9-10H2,1-2H3;5-9H,4,10H2,1-3H3. The Morgan fingerprint density at radius 1 is 0.283 bits per heavy atom. The third-order valence-electron chi connectivity index (χ3n) is 21.9. The highest BCUT2D eigenvalue weighted by Crippen LogP contribution is 2.46. The zero-order valence-corrected chi connectivity index (χ0v) is 93.2. The van der Waals surface area contributed by atoms with Gasteiger partial charge >= 0.3 is 35.8 Å². The van der Waals surface area contributed by atoms with Gasteiger partial charge in [0.2, 0.25) is 0 Å². The molecule has 1 aliphatic rings. The first-order chi connectivity index (χ1) is 69.2. The van der Waals surface area contributed by atoms with Crippen molar-refractivity contribution < 1.29 is 122 Å². The van der Waals surface area contributed by atoms with Crippen molar-refractivity contribution in [3.63, 3.8) is 0 Å². The average molecular weight is 2410 g/mol. The number of benzene rings is 12. The van der Waals surface area contributed by atoms with Gasteiger partial charge in [-0.1, -0.05) is 115 Å². The Kier molecular flexibility index (Phi) is 48.9. The van der Waals surface area contributed by atoms with Crippen LogP contribution in [0.2, 0.25) is 0 Å². The molecule has 1 fully saturated rings. The summed E-state index contributed by atoms with van der Waals surface area (Å²) in [6.07, 6.45) is 4.70. The number of aryl methyl sites for hydroxylation is 8. The second kappa shape index (κ2) is 59.6. The minimum absolute atomic E-state index is 0.0319. The summed E-state index contributed by atoms with van der Waals surface area (Å²) in [5.41, 5.74) is 12.1. The number of rotatable bonds is 36. The second-order valence-corrected chi connectivity index (χ2v) is 38.0. The number of ether oxygens (including phenoxy) is 13. The number of hydrogen-bond donors (Lipinski definition) is 2. The molecule has 0 spiro atoms. The Morgan fingerprint density at radius 2 is 0.517 bits per heavy atom. The highest BCUT2D eigenvalue weighted by atomic mass is 79.9. The number of carbonyl (C=O) groups excluding carboxylic acids is 6. The van der Waals surface area contributed by atoms with Crippen LogP contribution in [0, 0.1) is 83.4 Å². The van der Waals surface area contributed by atoms with E-state index < -0.39 is 0 Å². The van der Waals surface area contributed by atoms with E-state index in [4.69, 9.17) is 61.6 Å². The number of thiol groups is 1. The first kappa shape index (κ1) is 119. The van der Waals surface area contributed by atoms with Crippen LogP contribution >= 0.6 is 108 Å². The molecule has 33 heteroatoms. The van der Waals surface area contributed by atoms with Crippen molar-refractivity contribution in [2.24, 2.45) is 0 Å². The van der Waals surface area contributed by atoms with Crippen molar-refractivity contribution in [2.45, 2.75) is 220 Å². The van der Waals surface area contributed by atoms with E-state index >= 15 is 0 Å². The number of halogens is 12. The molecule has 12 aromatic carbocycles. The summed E-state index contributed by atoms with van der Waals surface area (Å²) in [7, 11) is 0. The lowest BCUT2D eigenvalue weighted by Gasteiger charge is -2.16. The molecule has 0 heterocycles. The smallest absolute Gasteiger partial charge is 0.310 e. The zero-order chi connectivity index (χ0) is 106. The molecule has 0 atom stereocenters.